The summed E-state index contributed by atoms with van der Waals surface area (Å²) in [6.07, 6.45) is 1.49. The van der Waals surface area contributed by atoms with Crippen LogP contribution in [0.3, 0.4) is 0 Å². The highest BCUT2D eigenvalue weighted by Crippen LogP contribution is 2.40. The van der Waals surface area contributed by atoms with Gasteiger partial charge in [0.05, 0.1) is 0 Å². The molecule has 1 atom stereocenters. The van der Waals surface area contributed by atoms with E-state index in [1.807, 2.05) is 91.5 Å². The molecule has 1 heterocycles. The summed E-state index contributed by atoms with van der Waals surface area (Å²) in [5.74, 6) is -0.231. The number of rotatable bonds is 8. The van der Waals surface area contributed by atoms with Gasteiger partial charge >= 0.3 is 5.97 Å². The summed E-state index contributed by atoms with van der Waals surface area (Å²) in [7, 11) is 0. The van der Waals surface area contributed by atoms with E-state index in [1.54, 1.807) is 12.1 Å². The van der Waals surface area contributed by atoms with Crippen LogP contribution in [-0.4, -0.2) is 21.8 Å². The van der Waals surface area contributed by atoms with Crippen LogP contribution in [0.2, 0.25) is 0 Å². The lowest BCUT2D eigenvalue weighted by Crippen LogP contribution is -2.47. The second kappa shape index (κ2) is 10.0. The van der Waals surface area contributed by atoms with E-state index < -0.39 is 11.6 Å². The molecule has 0 saturated carbocycles. The lowest BCUT2D eigenvalue weighted by molar-refractivity contribution is -0.166. The standard InChI is InChI=1S/C29H31NO4/c1-21(2)29(18-17-22-13-15-25(31)16-14-22)19-26(32)27(28(33)34-29)30(24-11-7-4-8-12-24)20-23-9-5-3-6-10-23/h3-16,21,31-32H,17-20H2,1-2H3. The number of anilines is 1. The highest BCUT2D eigenvalue weighted by atomic mass is 16.6. The molecule has 5 nitrogen and oxygen atoms in total. The molecule has 0 aliphatic carbocycles. The molecule has 0 fully saturated rings. The minimum atomic E-state index is -0.808. The lowest BCUT2D eigenvalue weighted by atomic mass is 9.79. The van der Waals surface area contributed by atoms with Gasteiger partial charge < -0.3 is 19.8 Å². The summed E-state index contributed by atoms with van der Waals surface area (Å²) in [5.41, 5.74) is 2.25. The molecule has 1 unspecified atom stereocenters. The van der Waals surface area contributed by atoms with Gasteiger partial charge in [-0.25, -0.2) is 4.79 Å². The third kappa shape index (κ3) is 5.09. The predicted octanol–water partition coefficient (Wildman–Crippen LogP) is 6.14. The molecule has 0 spiro atoms. The zero-order valence-electron chi connectivity index (χ0n) is 19.6. The summed E-state index contributed by atoms with van der Waals surface area (Å²) in [5, 5.41) is 20.8. The number of phenols is 1. The van der Waals surface area contributed by atoms with Crippen molar-refractivity contribution in [3.05, 3.63) is 108 Å². The number of cyclic esters (lactones) is 1. The number of aliphatic hydroxyl groups is 1. The first-order valence-electron chi connectivity index (χ1n) is 11.7. The topological polar surface area (TPSA) is 70.0 Å². The number of para-hydroxylation sites is 1. The van der Waals surface area contributed by atoms with Crippen LogP contribution in [0, 0.1) is 5.92 Å². The molecule has 1 aliphatic heterocycles. The fourth-order valence-corrected chi connectivity index (χ4v) is 4.46. The summed E-state index contributed by atoms with van der Waals surface area (Å²) >= 11 is 0. The van der Waals surface area contributed by atoms with E-state index in [0.717, 1.165) is 16.8 Å². The monoisotopic (exact) mass is 457 g/mol. The molecule has 3 aromatic carbocycles. The van der Waals surface area contributed by atoms with E-state index in [0.29, 0.717) is 19.4 Å². The average Bonchev–Trinajstić information content (AvgIpc) is 2.84. The molecular weight excluding hydrogens is 426 g/mol. The predicted molar refractivity (Wildman–Crippen MR) is 133 cm³/mol. The molecule has 4 rings (SSSR count). The number of aromatic hydroxyl groups is 1. The van der Waals surface area contributed by atoms with E-state index in [9.17, 15) is 15.0 Å². The molecule has 0 radical (unpaired) electrons. The fourth-order valence-electron chi connectivity index (χ4n) is 4.46. The van der Waals surface area contributed by atoms with Gasteiger partial charge in [0.15, 0.2) is 5.70 Å². The van der Waals surface area contributed by atoms with Crippen molar-refractivity contribution in [2.75, 3.05) is 4.90 Å². The Morgan fingerprint density at radius 3 is 2.09 bits per heavy atom. The van der Waals surface area contributed by atoms with Crippen molar-refractivity contribution in [1.29, 1.82) is 0 Å². The van der Waals surface area contributed by atoms with Crippen molar-refractivity contribution in [3.63, 3.8) is 0 Å². The minimum absolute atomic E-state index is 0.0107. The van der Waals surface area contributed by atoms with Crippen LogP contribution in [0.25, 0.3) is 0 Å². The van der Waals surface area contributed by atoms with Gasteiger partial charge in [-0.2, -0.15) is 0 Å². The van der Waals surface area contributed by atoms with Gasteiger partial charge in [-0.1, -0.05) is 74.5 Å². The number of carbonyl (C=O) groups excluding carboxylic acids is 1. The van der Waals surface area contributed by atoms with Crippen LogP contribution in [-0.2, 0) is 22.5 Å². The number of hydrogen-bond donors (Lipinski definition) is 2. The van der Waals surface area contributed by atoms with Crippen molar-refractivity contribution in [2.45, 2.75) is 45.3 Å². The Labute approximate surface area is 200 Å². The zero-order valence-corrected chi connectivity index (χ0v) is 19.6. The number of hydrogen-bond acceptors (Lipinski definition) is 5. The SMILES string of the molecule is CC(C)C1(CCc2ccc(O)cc2)CC(O)=C(N(Cc2ccccc2)c2ccccc2)C(=O)O1. The summed E-state index contributed by atoms with van der Waals surface area (Å²) in [6.45, 7) is 4.46. The Kier molecular flexibility index (Phi) is 6.92. The van der Waals surface area contributed by atoms with Gasteiger partial charge in [0, 0.05) is 18.7 Å². The Balaban J connectivity index is 1.65. The first-order chi connectivity index (χ1) is 16.4. The van der Waals surface area contributed by atoms with Crippen molar-refractivity contribution in [2.24, 2.45) is 5.92 Å². The highest BCUT2D eigenvalue weighted by molar-refractivity contribution is 5.94. The van der Waals surface area contributed by atoms with Gasteiger partial charge in [0.1, 0.15) is 17.1 Å². The van der Waals surface area contributed by atoms with Gasteiger partial charge in [-0.3, -0.25) is 0 Å². The molecule has 2 N–H and O–H groups in total. The maximum Gasteiger partial charge on any atom is 0.359 e. The van der Waals surface area contributed by atoms with Crippen LogP contribution >= 0.6 is 0 Å². The van der Waals surface area contributed by atoms with Crippen LogP contribution in [0.4, 0.5) is 5.69 Å². The molecule has 3 aromatic rings. The maximum absolute atomic E-state index is 13.5. The first-order valence-corrected chi connectivity index (χ1v) is 11.7. The zero-order chi connectivity index (χ0) is 24.1. The fraction of sp³-hybridized carbons (Fsp3) is 0.276. The lowest BCUT2D eigenvalue weighted by Gasteiger charge is -2.42. The Hall–Kier alpha value is -3.73. The van der Waals surface area contributed by atoms with E-state index in [4.69, 9.17) is 4.74 Å². The Morgan fingerprint density at radius 1 is 0.882 bits per heavy atom. The number of aryl methyl sites for hydroxylation is 1. The van der Waals surface area contributed by atoms with Crippen molar-refractivity contribution >= 4 is 11.7 Å². The third-order valence-corrected chi connectivity index (χ3v) is 6.58. The second-order valence-corrected chi connectivity index (χ2v) is 9.15. The summed E-state index contributed by atoms with van der Waals surface area (Å²) in [6, 6.07) is 26.5. The molecule has 5 heteroatoms. The minimum Gasteiger partial charge on any atom is -0.510 e. The third-order valence-electron chi connectivity index (χ3n) is 6.58. The quantitative estimate of drug-likeness (QED) is 0.398. The van der Waals surface area contributed by atoms with E-state index in [-0.39, 0.29) is 29.5 Å². The molecule has 176 valence electrons. The molecule has 0 aromatic heterocycles. The normalized spacial score (nSPS) is 18.1. The van der Waals surface area contributed by atoms with Crippen molar-refractivity contribution < 1.29 is 19.7 Å². The van der Waals surface area contributed by atoms with E-state index >= 15 is 0 Å². The smallest absolute Gasteiger partial charge is 0.359 e. The number of carbonyl (C=O) groups is 1. The number of esters is 1. The molecule has 0 bridgehead atoms. The number of benzene rings is 3. The largest absolute Gasteiger partial charge is 0.510 e. The van der Waals surface area contributed by atoms with Gasteiger partial charge in [-0.05, 0) is 54.2 Å². The van der Waals surface area contributed by atoms with Crippen molar-refractivity contribution in [1.82, 2.24) is 0 Å². The van der Waals surface area contributed by atoms with Gasteiger partial charge in [0.25, 0.3) is 0 Å². The molecule has 34 heavy (non-hydrogen) atoms. The van der Waals surface area contributed by atoms with Crippen LogP contribution in [0.1, 0.15) is 37.8 Å². The number of nitrogens with zero attached hydrogens (tertiary/aromatic N) is 1. The molecule has 0 saturated heterocycles. The van der Waals surface area contributed by atoms with Crippen LogP contribution in [0.5, 0.6) is 5.75 Å². The number of phenolic OH excluding ortho intramolecular Hbond substituents is 1. The highest BCUT2D eigenvalue weighted by Gasteiger charge is 2.45. The first kappa shape index (κ1) is 23.4. The Morgan fingerprint density at radius 2 is 1.50 bits per heavy atom. The second-order valence-electron chi connectivity index (χ2n) is 9.15. The molecule has 1 aliphatic rings. The average molecular weight is 458 g/mol. The number of aliphatic hydroxyl groups excluding tert-OH is 1. The van der Waals surface area contributed by atoms with E-state index in [2.05, 4.69) is 0 Å². The van der Waals surface area contributed by atoms with Gasteiger partial charge in [0.2, 0.25) is 0 Å². The number of ether oxygens (including phenoxy) is 1. The Bertz CT molecular complexity index is 1140. The summed E-state index contributed by atoms with van der Waals surface area (Å²) < 4.78 is 6.16. The van der Waals surface area contributed by atoms with Crippen LogP contribution in [0.15, 0.2) is 96.4 Å². The maximum atomic E-state index is 13.5. The van der Waals surface area contributed by atoms with Gasteiger partial charge in [-0.15, -0.1) is 0 Å². The molecular formula is C29H31NO4. The van der Waals surface area contributed by atoms with Crippen LogP contribution < -0.4 is 4.90 Å². The van der Waals surface area contributed by atoms with Crippen molar-refractivity contribution in [3.8, 4) is 5.75 Å². The molecule has 0 amide bonds. The van der Waals surface area contributed by atoms with E-state index in [1.165, 1.54) is 0 Å². The summed E-state index contributed by atoms with van der Waals surface area (Å²) in [4.78, 5) is 15.3.